The summed E-state index contributed by atoms with van der Waals surface area (Å²) in [5.74, 6) is 0. The van der Waals surface area contributed by atoms with Crippen LogP contribution in [0, 0.1) is 0 Å². The van der Waals surface area contributed by atoms with Gasteiger partial charge in [-0.1, -0.05) is 110 Å². The van der Waals surface area contributed by atoms with Crippen LogP contribution in [0.1, 0.15) is 110 Å². The number of hydrogen-bond acceptors (Lipinski definition) is 1. The predicted octanol–water partition coefficient (Wildman–Crippen LogP) is 7.10. The fourth-order valence-corrected chi connectivity index (χ4v) is 2.44. The summed E-state index contributed by atoms with van der Waals surface area (Å²) in [6.07, 6.45) is 20.1. The van der Waals surface area contributed by atoms with Gasteiger partial charge in [-0.05, 0) is 0 Å². The van der Waals surface area contributed by atoms with Crippen LogP contribution in [-0.4, -0.2) is 16.4 Å². The van der Waals surface area contributed by atoms with Crippen molar-refractivity contribution in [2.24, 2.45) is 0 Å². The summed E-state index contributed by atoms with van der Waals surface area (Å²) in [5.41, 5.74) is 0. The molecule has 0 heterocycles. The Morgan fingerprint density at radius 3 is 0.810 bits per heavy atom. The van der Waals surface area contributed by atoms with Crippen molar-refractivity contribution in [2.45, 2.75) is 110 Å². The van der Waals surface area contributed by atoms with Gasteiger partial charge in [-0.3, -0.25) is 0 Å². The molecule has 3 nitrogen and oxygen atoms in total. The topological polar surface area (TPSA) is 57.5 Å². The van der Waals surface area contributed by atoms with Gasteiger partial charge >= 0.3 is 6.16 Å². The summed E-state index contributed by atoms with van der Waals surface area (Å²) in [5, 5.41) is 13.9. The first-order valence-electron chi connectivity index (χ1n) is 9.07. The van der Waals surface area contributed by atoms with Crippen molar-refractivity contribution in [1.82, 2.24) is 0 Å². The van der Waals surface area contributed by atoms with Crippen molar-refractivity contribution >= 4 is 6.16 Å². The zero-order valence-electron chi connectivity index (χ0n) is 14.4. The van der Waals surface area contributed by atoms with E-state index in [1.165, 1.54) is 96.3 Å². The second kappa shape index (κ2) is 21.6. The van der Waals surface area contributed by atoms with E-state index in [0.717, 1.165) is 0 Å². The standard InChI is InChI=1S/C17H36.CH2O3/c1-3-5-7-9-11-13-15-17-16-14-12-10-8-6-4-2;2-1(3)4/h3-17H2,1-2H3;(H2,2,3,4). The van der Waals surface area contributed by atoms with E-state index in [0.29, 0.717) is 0 Å². The van der Waals surface area contributed by atoms with Gasteiger partial charge in [-0.2, -0.15) is 0 Å². The Balaban J connectivity index is 0. The SMILES string of the molecule is CCCCCCCCCCCCCCCCC.O=C(O)O. The van der Waals surface area contributed by atoms with Crippen LogP contribution in [0.15, 0.2) is 0 Å². The van der Waals surface area contributed by atoms with Gasteiger partial charge in [-0.25, -0.2) is 4.79 Å². The van der Waals surface area contributed by atoms with Gasteiger partial charge in [0.2, 0.25) is 0 Å². The molecule has 0 spiro atoms. The Labute approximate surface area is 132 Å². The average molecular weight is 302 g/mol. The van der Waals surface area contributed by atoms with Crippen LogP contribution in [0.3, 0.4) is 0 Å². The van der Waals surface area contributed by atoms with E-state index in [9.17, 15) is 0 Å². The minimum atomic E-state index is -1.83. The van der Waals surface area contributed by atoms with E-state index in [1.807, 2.05) is 0 Å². The maximum Gasteiger partial charge on any atom is 0.503 e. The van der Waals surface area contributed by atoms with Crippen LogP contribution in [0.25, 0.3) is 0 Å². The minimum Gasteiger partial charge on any atom is -0.450 e. The van der Waals surface area contributed by atoms with E-state index in [2.05, 4.69) is 13.8 Å². The molecule has 0 aromatic rings. The summed E-state index contributed by atoms with van der Waals surface area (Å²) in [4.78, 5) is 8.56. The quantitative estimate of drug-likeness (QED) is 0.336. The second-order valence-electron chi connectivity index (χ2n) is 5.88. The molecule has 0 fully saturated rings. The van der Waals surface area contributed by atoms with Crippen LogP contribution in [0.2, 0.25) is 0 Å². The highest BCUT2D eigenvalue weighted by Crippen LogP contribution is 2.13. The van der Waals surface area contributed by atoms with Gasteiger partial charge in [0.1, 0.15) is 0 Å². The summed E-state index contributed by atoms with van der Waals surface area (Å²) >= 11 is 0. The normalized spacial score (nSPS) is 10.0. The van der Waals surface area contributed by atoms with E-state index in [-0.39, 0.29) is 0 Å². The third kappa shape index (κ3) is 32.6. The van der Waals surface area contributed by atoms with Gasteiger partial charge < -0.3 is 10.2 Å². The zero-order valence-corrected chi connectivity index (χ0v) is 14.4. The Bertz CT molecular complexity index is 175. The largest absolute Gasteiger partial charge is 0.503 e. The summed E-state index contributed by atoms with van der Waals surface area (Å²) < 4.78 is 0. The molecule has 0 aliphatic heterocycles. The third-order valence-electron chi connectivity index (χ3n) is 3.71. The van der Waals surface area contributed by atoms with Crippen molar-refractivity contribution in [1.29, 1.82) is 0 Å². The van der Waals surface area contributed by atoms with Crippen molar-refractivity contribution < 1.29 is 15.0 Å². The molecular weight excluding hydrogens is 264 g/mol. The van der Waals surface area contributed by atoms with Crippen LogP contribution in [0.5, 0.6) is 0 Å². The van der Waals surface area contributed by atoms with E-state index in [1.54, 1.807) is 0 Å². The Morgan fingerprint density at radius 2 is 0.667 bits per heavy atom. The molecule has 128 valence electrons. The first kappa shape index (κ1) is 22.5. The summed E-state index contributed by atoms with van der Waals surface area (Å²) in [6, 6.07) is 0. The monoisotopic (exact) mass is 302 g/mol. The Hall–Kier alpha value is -0.730. The van der Waals surface area contributed by atoms with E-state index < -0.39 is 6.16 Å². The summed E-state index contributed by atoms with van der Waals surface area (Å²) in [7, 11) is 0. The fraction of sp³-hybridized carbons (Fsp3) is 0.944. The number of rotatable bonds is 14. The van der Waals surface area contributed by atoms with Crippen molar-refractivity contribution in [3.05, 3.63) is 0 Å². The molecule has 0 amide bonds. The molecule has 2 N–H and O–H groups in total. The molecule has 0 saturated heterocycles. The molecule has 0 radical (unpaired) electrons. The third-order valence-corrected chi connectivity index (χ3v) is 3.71. The fourth-order valence-electron chi connectivity index (χ4n) is 2.44. The van der Waals surface area contributed by atoms with Crippen LogP contribution in [0.4, 0.5) is 4.79 Å². The smallest absolute Gasteiger partial charge is 0.450 e. The number of unbranched alkanes of at least 4 members (excludes halogenated alkanes) is 14. The predicted molar refractivity (Wildman–Crippen MR) is 91.3 cm³/mol. The maximum absolute atomic E-state index is 8.56. The highest BCUT2D eigenvalue weighted by molar-refractivity contribution is 5.53. The molecule has 0 aliphatic rings. The Kier molecular flexibility index (Phi) is 23.2. The van der Waals surface area contributed by atoms with Gasteiger partial charge in [0.15, 0.2) is 0 Å². The summed E-state index contributed by atoms with van der Waals surface area (Å²) in [6.45, 7) is 4.58. The molecule has 0 bridgehead atoms. The zero-order chi connectivity index (χ0) is 16.2. The highest BCUT2D eigenvalue weighted by Gasteiger charge is 1.93. The molecule has 0 aromatic heterocycles. The molecule has 0 saturated carbocycles. The van der Waals surface area contributed by atoms with Crippen molar-refractivity contribution in [3.63, 3.8) is 0 Å². The van der Waals surface area contributed by atoms with Crippen molar-refractivity contribution in [2.75, 3.05) is 0 Å². The van der Waals surface area contributed by atoms with Gasteiger partial charge in [-0.15, -0.1) is 0 Å². The highest BCUT2D eigenvalue weighted by atomic mass is 16.6. The first-order valence-corrected chi connectivity index (χ1v) is 9.07. The van der Waals surface area contributed by atoms with E-state index >= 15 is 0 Å². The lowest BCUT2D eigenvalue weighted by atomic mass is 10.0. The Morgan fingerprint density at radius 1 is 0.524 bits per heavy atom. The first-order chi connectivity index (χ1) is 10.1. The molecule has 0 atom stereocenters. The van der Waals surface area contributed by atoms with Crippen molar-refractivity contribution in [3.8, 4) is 0 Å². The molecule has 0 rings (SSSR count). The molecule has 0 unspecified atom stereocenters. The number of carboxylic acid groups (broad SMARTS) is 2. The number of carbonyl (C=O) groups is 1. The average Bonchev–Trinajstić information content (AvgIpc) is 2.43. The van der Waals surface area contributed by atoms with Crippen LogP contribution in [-0.2, 0) is 0 Å². The lowest BCUT2D eigenvalue weighted by Gasteiger charge is -2.02. The van der Waals surface area contributed by atoms with Crippen LogP contribution < -0.4 is 0 Å². The molecule has 0 aromatic carbocycles. The minimum absolute atomic E-state index is 1.37. The van der Waals surface area contributed by atoms with Gasteiger partial charge in [0.05, 0.1) is 0 Å². The molecule has 21 heavy (non-hydrogen) atoms. The van der Waals surface area contributed by atoms with E-state index in [4.69, 9.17) is 15.0 Å². The molecular formula is C18H38O3. The van der Waals surface area contributed by atoms with Gasteiger partial charge in [0.25, 0.3) is 0 Å². The van der Waals surface area contributed by atoms with Crippen LogP contribution >= 0.6 is 0 Å². The van der Waals surface area contributed by atoms with Gasteiger partial charge in [0, 0.05) is 0 Å². The number of hydrogen-bond donors (Lipinski definition) is 2. The lowest BCUT2D eigenvalue weighted by Crippen LogP contribution is -1.82. The lowest BCUT2D eigenvalue weighted by molar-refractivity contribution is 0.137. The molecule has 0 aliphatic carbocycles. The molecule has 3 heteroatoms. The maximum atomic E-state index is 8.56. The second-order valence-corrected chi connectivity index (χ2v) is 5.88.